The highest BCUT2D eigenvalue weighted by atomic mass is 32.1. The molecule has 2 aromatic heterocycles. The highest BCUT2D eigenvalue weighted by molar-refractivity contribution is 7.15. The summed E-state index contributed by atoms with van der Waals surface area (Å²) in [7, 11) is 0. The molecule has 8 heteroatoms. The number of piperazine rings is 1. The second-order valence-electron chi connectivity index (χ2n) is 5.63. The van der Waals surface area contributed by atoms with Gasteiger partial charge in [0.1, 0.15) is 5.01 Å². The first-order valence-corrected chi connectivity index (χ1v) is 8.25. The zero-order chi connectivity index (χ0) is 15.7. The molecule has 22 heavy (non-hydrogen) atoms. The first-order chi connectivity index (χ1) is 10.6. The van der Waals surface area contributed by atoms with Gasteiger partial charge in [0.25, 0.3) is 5.91 Å². The lowest BCUT2D eigenvalue weighted by atomic mass is 10.3. The maximum atomic E-state index is 12.6. The summed E-state index contributed by atoms with van der Waals surface area (Å²) in [4.78, 5) is 20.9. The van der Waals surface area contributed by atoms with Crippen LogP contribution in [0.15, 0.2) is 12.4 Å². The van der Waals surface area contributed by atoms with Crippen molar-refractivity contribution in [3.8, 4) is 0 Å². The van der Waals surface area contributed by atoms with Gasteiger partial charge in [0, 0.05) is 44.6 Å². The van der Waals surface area contributed by atoms with Gasteiger partial charge >= 0.3 is 0 Å². The zero-order valence-corrected chi connectivity index (χ0v) is 13.9. The third-order valence-electron chi connectivity index (χ3n) is 3.77. The third kappa shape index (κ3) is 2.83. The fourth-order valence-electron chi connectivity index (χ4n) is 2.55. The first kappa shape index (κ1) is 15.0. The number of aromatic nitrogens is 4. The normalized spacial score (nSPS) is 15.6. The number of hydrogen-bond acceptors (Lipinski definition) is 6. The summed E-state index contributed by atoms with van der Waals surface area (Å²) in [6, 6.07) is 0.229. The number of amides is 1. The van der Waals surface area contributed by atoms with Gasteiger partial charge in [0.2, 0.25) is 5.13 Å². The number of anilines is 1. The van der Waals surface area contributed by atoms with E-state index in [1.807, 2.05) is 36.4 Å². The van der Waals surface area contributed by atoms with Crippen molar-refractivity contribution in [3.63, 3.8) is 0 Å². The van der Waals surface area contributed by atoms with Gasteiger partial charge in [-0.3, -0.25) is 4.79 Å². The molecule has 0 N–H and O–H groups in total. The fourth-order valence-corrected chi connectivity index (χ4v) is 3.29. The average molecular weight is 320 g/mol. The summed E-state index contributed by atoms with van der Waals surface area (Å²) < 4.78 is 1.92. The lowest BCUT2D eigenvalue weighted by Crippen LogP contribution is -2.49. The minimum absolute atomic E-state index is 0.00629. The smallest absolute Gasteiger partial charge is 0.289 e. The number of imidazole rings is 1. The van der Waals surface area contributed by atoms with Gasteiger partial charge in [0.05, 0.1) is 0 Å². The molecule has 1 saturated heterocycles. The predicted molar refractivity (Wildman–Crippen MR) is 85.4 cm³/mol. The quantitative estimate of drug-likeness (QED) is 0.859. The summed E-state index contributed by atoms with van der Waals surface area (Å²) >= 11 is 1.59. The van der Waals surface area contributed by atoms with Crippen LogP contribution in [-0.2, 0) is 0 Å². The Bertz CT molecular complexity index is 656. The maximum Gasteiger partial charge on any atom is 0.289 e. The molecule has 1 amide bonds. The van der Waals surface area contributed by atoms with Crippen LogP contribution in [0.25, 0.3) is 0 Å². The lowest BCUT2D eigenvalue weighted by Gasteiger charge is -2.34. The lowest BCUT2D eigenvalue weighted by molar-refractivity contribution is 0.0727. The topological polar surface area (TPSA) is 67.2 Å². The number of nitrogens with zero attached hydrogens (tertiary/aromatic N) is 6. The zero-order valence-electron chi connectivity index (χ0n) is 13.1. The molecule has 1 aliphatic rings. The molecule has 0 bridgehead atoms. The highest BCUT2D eigenvalue weighted by Gasteiger charge is 2.26. The van der Waals surface area contributed by atoms with Crippen LogP contribution < -0.4 is 4.90 Å². The molecule has 0 spiro atoms. The van der Waals surface area contributed by atoms with E-state index >= 15 is 0 Å². The van der Waals surface area contributed by atoms with Crippen molar-refractivity contribution in [3.05, 3.63) is 23.2 Å². The van der Waals surface area contributed by atoms with E-state index in [9.17, 15) is 4.79 Å². The van der Waals surface area contributed by atoms with Crippen LogP contribution in [0.3, 0.4) is 0 Å². The molecular weight excluding hydrogens is 300 g/mol. The van der Waals surface area contributed by atoms with Crippen LogP contribution in [0.4, 0.5) is 5.13 Å². The Hall–Kier alpha value is -1.96. The Morgan fingerprint density at radius 1 is 1.23 bits per heavy atom. The molecule has 2 aromatic rings. The number of aryl methyl sites for hydroxylation is 1. The van der Waals surface area contributed by atoms with E-state index in [1.54, 1.807) is 17.5 Å². The molecule has 0 saturated carbocycles. The predicted octanol–water partition coefficient (Wildman–Crippen LogP) is 1.59. The summed E-state index contributed by atoms with van der Waals surface area (Å²) in [6.07, 6.45) is 3.55. The largest absolute Gasteiger partial charge is 0.343 e. The molecule has 0 unspecified atom stereocenters. The minimum Gasteiger partial charge on any atom is -0.343 e. The second-order valence-corrected chi connectivity index (χ2v) is 6.79. The number of carbonyl (C=O) groups excluding carboxylic acids is 1. The highest BCUT2D eigenvalue weighted by Crippen LogP contribution is 2.21. The van der Waals surface area contributed by atoms with Crippen LogP contribution in [0, 0.1) is 6.92 Å². The van der Waals surface area contributed by atoms with E-state index in [0.717, 1.165) is 23.2 Å². The van der Waals surface area contributed by atoms with Gasteiger partial charge in [-0.2, -0.15) is 0 Å². The van der Waals surface area contributed by atoms with E-state index in [4.69, 9.17) is 0 Å². The second kappa shape index (κ2) is 6.04. The van der Waals surface area contributed by atoms with Crippen molar-refractivity contribution in [2.24, 2.45) is 0 Å². The molecule has 3 heterocycles. The number of rotatable bonds is 3. The summed E-state index contributed by atoms with van der Waals surface area (Å²) in [5, 5.41) is 10.1. The van der Waals surface area contributed by atoms with Crippen molar-refractivity contribution in [2.75, 3.05) is 31.1 Å². The average Bonchev–Trinajstić information content (AvgIpc) is 3.15. The molecule has 3 rings (SSSR count). The number of carbonyl (C=O) groups is 1. The van der Waals surface area contributed by atoms with Gasteiger partial charge in [-0.15, -0.1) is 10.2 Å². The van der Waals surface area contributed by atoms with E-state index < -0.39 is 0 Å². The molecule has 118 valence electrons. The van der Waals surface area contributed by atoms with Crippen molar-refractivity contribution < 1.29 is 4.79 Å². The molecule has 0 aromatic carbocycles. The van der Waals surface area contributed by atoms with E-state index in [0.29, 0.717) is 18.9 Å². The van der Waals surface area contributed by atoms with Crippen molar-refractivity contribution in [2.45, 2.75) is 26.8 Å². The van der Waals surface area contributed by atoms with E-state index in [1.165, 1.54) is 0 Å². The molecule has 0 radical (unpaired) electrons. The van der Waals surface area contributed by atoms with Crippen molar-refractivity contribution in [1.29, 1.82) is 0 Å². The van der Waals surface area contributed by atoms with Gasteiger partial charge in [-0.05, 0) is 20.8 Å². The molecule has 1 fully saturated rings. The maximum absolute atomic E-state index is 12.6. The molecular formula is C14H20N6OS. The Labute approximate surface area is 133 Å². The molecule has 7 nitrogen and oxygen atoms in total. The standard InChI is InChI=1S/C14H20N6OS/c1-10(2)20-5-4-15-12(20)13(21)18-6-8-19(9-7-18)14-17-16-11(3)22-14/h4-5,10H,6-9H2,1-3H3. The van der Waals surface area contributed by atoms with Crippen LogP contribution in [0.1, 0.15) is 35.5 Å². The van der Waals surface area contributed by atoms with Crippen molar-refractivity contribution in [1.82, 2.24) is 24.6 Å². The van der Waals surface area contributed by atoms with Crippen LogP contribution in [0.5, 0.6) is 0 Å². The van der Waals surface area contributed by atoms with Gasteiger partial charge in [0.15, 0.2) is 5.82 Å². The fraction of sp³-hybridized carbons (Fsp3) is 0.571. The SMILES string of the molecule is Cc1nnc(N2CCN(C(=O)c3nccn3C(C)C)CC2)s1. The molecule has 1 aliphatic heterocycles. The van der Waals surface area contributed by atoms with Crippen molar-refractivity contribution >= 4 is 22.4 Å². The Kier molecular flexibility index (Phi) is 4.10. The van der Waals surface area contributed by atoms with Crippen LogP contribution in [-0.4, -0.2) is 56.7 Å². The summed E-state index contributed by atoms with van der Waals surface area (Å²) in [6.45, 7) is 8.98. The van der Waals surface area contributed by atoms with Gasteiger partial charge in [-0.25, -0.2) is 4.98 Å². The van der Waals surface area contributed by atoms with E-state index in [2.05, 4.69) is 20.1 Å². The molecule has 0 aliphatic carbocycles. The first-order valence-electron chi connectivity index (χ1n) is 7.43. The monoisotopic (exact) mass is 320 g/mol. The molecule has 0 atom stereocenters. The summed E-state index contributed by atoms with van der Waals surface area (Å²) in [5.41, 5.74) is 0. The van der Waals surface area contributed by atoms with Gasteiger partial charge in [-0.1, -0.05) is 11.3 Å². The Morgan fingerprint density at radius 2 is 1.95 bits per heavy atom. The van der Waals surface area contributed by atoms with Crippen LogP contribution >= 0.6 is 11.3 Å². The number of hydrogen-bond donors (Lipinski definition) is 0. The third-order valence-corrected chi connectivity index (χ3v) is 4.67. The van der Waals surface area contributed by atoms with Gasteiger partial charge < -0.3 is 14.4 Å². The van der Waals surface area contributed by atoms with Crippen LogP contribution in [0.2, 0.25) is 0 Å². The Balaban J connectivity index is 1.66. The summed E-state index contributed by atoms with van der Waals surface area (Å²) in [5.74, 6) is 0.530. The minimum atomic E-state index is 0.00629. The Morgan fingerprint density at radius 3 is 2.55 bits per heavy atom. The van der Waals surface area contributed by atoms with E-state index in [-0.39, 0.29) is 11.9 Å².